The van der Waals surface area contributed by atoms with E-state index in [2.05, 4.69) is 17.1 Å². The van der Waals surface area contributed by atoms with Crippen LogP contribution in [-0.2, 0) is 4.74 Å². The lowest BCUT2D eigenvalue weighted by atomic mass is 10.2. The molecule has 3 heteroatoms. The van der Waals surface area contributed by atoms with Crippen LogP contribution in [0.4, 0.5) is 0 Å². The number of hydrogen-bond acceptors (Lipinski definition) is 3. The fourth-order valence-electron chi connectivity index (χ4n) is 1.96. The molecule has 0 spiro atoms. The highest BCUT2D eigenvalue weighted by atomic mass is 16.5. The van der Waals surface area contributed by atoms with Crippen molar-refractivity contribution in [1.29, 1.82) is 0 Å². The molecule has 0 atom stereocenters. The first-order chi connectivity index (χ1) is 7.43. The molecule has 1 heterocycles. The number of nitrogens with one attached hydrogen (secondary N) is 1. The lowest BCUT2D eigenvalue weighted by Crippen LogP contribution is -2.27. The molecule has 1 aliphatic heterocycles. The molecule has 0 radical (unpaired) electrons. The highest BCUT2D eigenvalue weighted by molar-refractivity contribution is 4.61. The van der Waals surface area contributed by atoms with Gasteiger partial charge in [0, 0.05) is 19.7 Å². The molecule has 0 aliphatic carbocycles. The summed E-state index contributed by atoms with van der Waals surface area (Å²) in [6, 6.07) is 0. The van der Waals surface area contributed by atoms with Crippen LogP contribution >= 0.6 is 0 Å². The highest BCUT2D eigenvalue weighted by Gasteiger charge is 2.07. The van der Waals surface area contributed by atoms with Gasteiger partial charge >= 0.3 is 0 Å². The Morgan fingerprint density at radius 1 is 1.13 bits per heavy atom. The summed E-state index contributed by atoms with van der Waals surface area (Å²) in [5, 5.41) is 3.36. The predicted octanol–water partition coefficient (Wildman–Crippen LogP) is 1.49. The molecule has 0 bridgehead atoms. The van der Waals surface area contributed by atoms with Gasteiger partial charge in [0.1, 0.15) is 0 Å². The van der Waals surface area contributed by atoms with Crippen LogP contribution in [0.3, 0.4) is 0 Å². The maximum Gasteiger partial charge on any atom is 0.0593 e. The average molecular weight is 214 g/mol. The molecular weight excluding hydrogens is 188 g/mol. The van der Waals surface area contributed by atoms with Gasteiger partial charge in [-0.15, -0.1) is 0 Å². The maximum absolute atomic E-state index is 5.43. The van der Waals surface area contributed by atoms with Crippen LogP contribution in [0.5, 0.6) is 0 Å². The molecule has 1 saturated heterocycles. The first-order valence-electron chi connectivity index (χ1n) is 6.44. The molecule has 0 unspecified atom stereocenters. The van der Waals surface area contributed by atoms with Crippen LogP contribution in [0.1, 0.15) is 32.6 Å². The van der Waals surface area contributed by atoms with Crippen molar-refractivity contribution in [2.24, 2.45) is 0 Å². The molecule has 0 saturated carbocycles. The Labute approximate surface area is 94.2 Å². The third-order valence-corrected chi connectivity index (χ3v) is 2.89. The normalized spacial score (nSPS) is 19.0. The molecule has 1 rings (SSSR count). The molecule has 90 valence electrons. The standard InChI is InChI=1S/C12H26N2O/c1-2-13-7-4-3-5-8-14-9-6-11-15-12-10-14/h13H,2-12H2,1H3. The zero-order valence-corrected chi connectivity index (χ0v) is 10.1. The van der Waals surface area contributed by atoms with Gasteiger partial charge in [-0.05, 0) is 38.9 Å². The Hall–Kier alpha value is -0.120. The van der Waals surface area contributed by atoms with Crippen molar-refractivity contribution in [2.45, 2.75) is 32.6 Å². The van der Waals surface area contributed by atoms with E-state index < -0.39 is 0 Å². The maximum atomic E-state index is 5.43. The predicted molar refractivity (Wildman–Crippen MR) is 64.3 cm³/mol. The second-order valence-electron chi connectivity index (χ2n) is 4.22. The van der Waals surface area contributed by atoms with Gasteiger partial charge in [-0.25, -0.2) is 0 Å². The summed E-state index contributed by atoms with van der Waals surface area (Å²) in [6.45, 7) is 9.95. The minimum Gasteiger partial charge on any atom is -0.380 e. The molecule has 0 aromatic rings. The molecule has 1 N–H and O–H groups in total. The van der Waals surface area contributed by atoms with Gasteiger partial charge in [0.15, 0.2) is 0 Å². The zero-order valence-electron chi connectivity index (χ0n) is 10.1. The van der Waals surface area contributed by atoms with Crippen molar-refractivity contribution >= 4 is 0 Å². The van der Waals surface area contributed by atoms with Crippen LogP contribution in [0, 0.1) is 0 Å². The van der Waals surface area contributed by atoms with Gasteiger partial charge in [0.25, 0.3) is 0 Å². The van der Waals surface area contributed by atoms with E-state index >= 15 is 0 Å². The number of nitrogens with zero attached hydrogens (tertiary/aromatic N) is 1. The van der Waals surface area contributed by atoms with E-state index in [1.165, 1.54) is 45.3 Å². The third-order valence-electron chi connectivity index (χ3n) is 2.89. The first kappa shape index (κ1) is 12.9. The van der Waals surface area contributed by atoms with E-state index in [0.717, 1.165) is 26.3 Å². The summed E-state index contributed by atoms with van der Waals surface area (Å²) < 4.78 is 5.43. The summed E-state index contributed by atoms with van der Waals surface area (Å²) >= 11 is 0. The van der Waals surface area contributed by atoms with Gasteiger partial charge < -0.3 is 15.0 Å². The van der Waals surface area contributed by atoms with Gasteiger partial charge in [-0.3, -0.25) is 0 Å². The zero-order chi connectivity index (χ0) is 10.8. The van der Waals surface area contributed by atoms with E-state index in [-0.39, 0.29) is 0 Å². The molecular formula is C12H26N2O. The van der Waals surface area contributed by atoms with Crippen molar-refractivity contribution in [3.05, 3.63) is 0 Å². The summed E-state index contributed by atoms with van der Waals surface area (Å²) in [6.07, 6.45) is 5.21. The van der Waals surface area contributed by atoms with Gasteiger partial charge in [-0.2, -0.15) is 0 Å². The Morgan fingerprint density at radius 2 is 2.07 bits per heavy atom. The van der Waals surface area contributed by atoms with Crippen LogP contribution < -0.4 is 5.32 Å². The highest BCUT2D eigenvalue weighted by Crippen LogP contribution is 2.02. The molecule has 15 heavy (non-hydrogen) atoms. The summed E-state index contributed by atoms with van der Waals surface area (Å²) in [4.78, 5) is 2.54. The number of rotatable bonds is 7. The molecule has 3 nitrogen and oxygen atoms in total. The van der Waals surface area contributed by atoms with Crippen molar-refractivity contribution < 1.29 is 4.74 Å². The fraction of sp³-hybridized carbons (Fsp3) is 1.00. The second kappa shape index (κ2) is 9.13. The van der Waals surface area contributed by atoms with Crippen LogP contribution in [0.2, 0.25) is 0 Å². The summed E-state index contributed by atoms with van der Waals surface area (Å²) in [7, 11) is 0. The summed E-state index contributed by atoms with van der Waals surface area (Å²) in [5.41, 5.74) is 0. The van der Waals surface area contributed by atoms with Crippen molar-refractivity contribution in [1.82, 2.24) is 10.2 Å². The molecule has 0 aromatic carbocycles. The minimum atomic E-state index is 0.928. The lowest BCUT2D eigenvalue weighted by Gasteiger charge is -2.18. The topological polar surface area (TPSA) is 24.5 Å². The first-order valence-corrected chi connectivity index (χ1v) is 6.44. The molecule has 1 fully saturated rings. The smallest absolute Gasteiger partial charge is 0.0593 e. The van der Waals surface area contributed by atoms with E-state index in [1.807, 2.05) is 0 Å². The van der Waals surface area contributed by atoms with E-state index in [0.29, 0.717) is 0 Å². The fourth-order valence-corrected chi connectivity index (χ4v) is 1.96. The van der Waals surface area contributed by atoms with Crippen LogP contribution in [0.15, 0.2) is 0 Å². The van der Waals surface area contributed by atoms with Gasteiger partial charge in [0.2, 0.25) is 0 Å². The minimum absolute atomic E-state index is 0.928. The van der Waals surface area contributed by atoms with Gasteiger partial charge in [0.05, 0.1) is 6.61 Å². The van der Waals surface area contributed by atoms with Crippen molar-refractivity contribution in [2.75, 3.05) is 45.9 Å². The largest absolute Gasteiger partial charge is 0.380 e. The number of ether oxygens (including phenoxy) is 1. The van der Waals surface area contributed by atoms with E-state index in [1.54, 1.807) is 0 Å². The molecule has 0 amide bonds. The molecule has 1 aliphatic rings. The average Bonchev–Trinajstić information content (AvgIpc) is 2.52. The quantitative estimate of drug-likeness (QED) is 0.650. The molecule has 0 aromatic heterocycles. The monoisotopic (exact) mass is 214 g/mol. The Morgan fingerprint density at radius 3 is 2.93 bits per heavy atom. The second-order valence-corrected chi connectivity index (χ2v) is 4.22. The Balaban J connectivity index is 1.89. The SMILES string of the molecule is CCNCCCCCN1CCCOCC1. The number of unbranched alkanes of at least 4 members (excludes halogenated alkanes) is 2. The Bertz CT molecular complexity index is 134. The van der Waals surface area contributed by atoms with Crippen molar-refractivity contribution in [3.63, 3.8) is 0 Å². The summed E-state index contributed by atoms with van der Waals surface area (Å²) in [5.74, 6) is 0. The van der Waals surface area contributed by atoms with E-state index in [9.17, 15) is 0 Å². The van der Waals surface area contributed by atoms with E-state index in [4.69, 9.17) is 4.74 Å². The van der Waals surface area contributed by atoms with Crippen molar-refractivity contribution in [3.8, 4) is 0 Å². The van der Waals surface area contributed by atoms with Crippen LogP contribution in [-0.4, -0.2) is 50.8 Å². The Kier molecular flexibility index (Phi) is 7.88. The number of hydrogen-bond donors (Lipinski definition) is 1. The third kappa shape index (κ3) is 6.88. The van der Waals surface area contributed by atoms with Crippen LogP contribution in [0.25, 0.3) is 0 Å². The lowest BCUT2D eigenvalue weighted by molar-refractivity contribution is 0.141. The van der Waals surface area contributed by atoms with Gasteiger partial charge in [-0.1, -0.05) is 13.3 Å².